The minimum Gasteiger partial charge on any atom is -0.493 e. The summed E-state index contributed by atoms with van der Waals surface area (Å²) < 4.78 is 27.7. The van der Waals surface area contributed by atoms with Gasteiger partial charge in [-0.2, -0.15) is 0 Å². The summed E-state index contributed by atoms with van der Waals surface area (Å²) in [5.74, 6) is 1.69. The Kier molecular flexibility index (Phi) is 8.85. The van der Waals surface area contributed by atoms with Crippen molar-refractivity contribution in [3.63, 3.8) is 0 Å². The largest absolute Gasteiger partial charge is 0.493 e. The molecule has 136 valence electrons. The zero-order valence-electron chi connectivity index (χ0n) is 13.1. The maximum absolute atomic E-state index is 11.7. The summed E-state index contributed by atoms with van der Waals surface area (Å²) in [6.45, 7) is 2.24. The number of sulfonamides is 1. The van der Waals surface area contributed by atoms with Gasteiger partial charge in [0.1, 0.15) is 5.75 Å². The lowest BCUT2D eigenvalue weighted by molar-refractivity contribution is -0.119. The molecule has 0 aliphatic carbocycles. The summed E-state index contributed by atoms with van der Waals surface area (Å²) >= 11 is 1.50. The smallest absolute Gasteiger partial charge is 0.238 e. The first kappa shape index (κ1) is 21.0. The molecule has 2 rings (SSSR count). The summed E-state index contributed by atoms with van der Waals surface area (Å²) in [5, 5.41) is 11.2. The quantitative estimate of drug-likeness (QED) is 0.547. The lowest BCUT2D eigenvalue weighted by Gasteiger charge is -2.11. The molecular formula is C14H22ClN3O4S2. The number of carbonyl (C=O) groups is 1. The highest BCUT2D eigenvalue weighted by Crippen LogP contribution is 2.15. The molecule has 1 fully saturated rings. The molecule has 1 aromatic carbocycles. The van der Waals surface area contributed by atoms with Gasteiger partial charge in [0.2, 0.25) is 15.9 Å². The molecule has 0 saturated carbocycles. The molecule has 0 aromatic heterocycles. The van der Waals surface area contributed by atoms with Gasteiger partial charge in [0.05, 0.1) is 17.3 Å². The Morgan fingerprint density at radius 2 is 2.08 bits per heavy atom. The molecule has 4 N–H and O–H groups in total. The van der Waals surface area contributed by atoms with E-state index in [2.05, 4.69) is 10.6 Å². The Bertz CT molecular complexity index is 619. The zero-order chi connectivity index (χ0) is 16.7. The van der Waals surface area contributed by atoms with Crippen LogP contribution in [0.1, 0.15) is 6.42 Å². The van der Waals surface area contributed by atoms with Gasteiger partial charge in [-0.3, -0.25) is 4.79 Å². The fourth-order valence-electron chi connectivity index (χ4n) is 2.16. The van der Waals surface area contributed by atoms with Gasteiger partial charge in [0, 0.05) is 18.3 Å². The Morgan fingerprint density at radius 3 is 2.67 bits per heavy atom. The van der Waals surface area contributed by atoms with Gasteiger partial charge in [-0.15, -0.1) is 24.2 Å². The number of halogens is 1. The highest BCUT2D eigenvalue weighted by atomic mass is 35.5. The van der Waals surface area contributed by atoms with Crippen LogP contribution < -0.4 is 20.5 Å². The highest BCUT2D eigenvalue weighted by molar-refractivity contribution is 7.99. The minimum atomic E-state index is -3.68. The predicted molar refractivity (Wildman–Crippen MR) is 97.3 cm³/mol. The van der Waals surface area contributed by atoms with Crippen LogP contribution in [0.5, 0.6) is 5.75 Å². The third-order valence-electron chi connectivity index (χ3n) is 3.31. The van der Waals surface area contributed by atoms with Crippen molar-refractivity contribution in [3.05, 3.63) is 24.3 Å². The molecule has 1 aliphatic heterocycles. The molecule has 24 heavy (non-hydrogen) atoms. The summed E-state index contributed by atoms with van der Waals surface area (Å²) in [5.41, 5.74) is 0. The molecule has 1 atom stereocenters. The molecule has 0 spiro atoms. The van der Waals surface area contributed by atoms with Crippen molar-refractivity contribution in [1.82, 2.24) is 10.6 Å². The van der Waals surface area contributed by atoms with Crippen molar-refractivity contribution < 1.29 is 17.9 Å². The van der Waals surface area contributed by atoms with E-state index in [0.29, 0.717) is 23.9 Å². The van der Waals surface area contributed by atoms with Crippen molar-refractivity contribution >= 4 is 40.1 Å². The highest BCUT2D eigenvalue weighted by Gasteiger charge is 2.16. The second-order valence-electron chi connectivity index (χ2n) is 5.17. The topological polar surface area (TPSA) is 111 Å². The van der Waals surface area contributed by atoms with Crippen molar-refractivity contribution in [1.29, 1.82) is 0 Å². The lowest BCUT2D eigenvalue weighted by atomic mass is 10.3. The average Bonchev–Trinajstić information content (AvgIpc) is 2.99. The predicted octanol–water partition coefficient (Wildman–Crippen LogP) is 0.346. The number of thioether (sulfide) groups is 1. The van der Waals surface area contributed by atoms with E-state index in [1.807, 2.05) is 0 Å². The van der Waals surface area contributed by atoms with E-state index in [9.17, 15) is 13.2 Å². The molecule has 0 radical (unpaired) electrons. The van der Waals surface area contributed by atoms with Crippen molar-refractivity contribution in [2.45, 2.75) is 17.4 Å². The Labute approximate surface area is 152 Å². The normalized spacial score (nSPS) is 17.1. The first-order chi connectivity index (χ1) is 10.9. The van der Waals surface area contributed by atoms with Crippen molar-refractivity contribution in [3.8, 4) is 5.75 Å². The third kappa shape index (κ3) is 7.27. The van der Waals surface area contributed by atoms with Crippen LogP contribution in [0, 0.1) is 0 Å². The number of nitrogens with one attached hydrogen (secondary N) is 2. The van der Waals surface area contributed by atoms with Gasteiger partial charge in [-0.05, 0) is 37.2 Å². The number of hydrogen-bond donors (Lipinski definition) is 3. The second kappa shape index (κ2) is 10.1. The number of primary sulfonamides is 1. The molecule has 1 aliphatic rings. The van der Waals surface area contributed by atoms with Crippen LogP contribution in [0.4, 0.5) is 0 Å². The molecule has 1 aromatic rings. The Hall–Kier alpha value is -1.00. The van der Waals surface area contributed by atoms with Crippen molar-refractivity contribution in [2.24, 2.45) is 5.14 Å². The van der Waals surface area contributed by atoms with E-state index in [1.165, 1.54) is 23.9 Å². The van der Waals surface area contributed by atoms with Gasteiger partial charge in [-0.1, -0.05) is 0 Å². The number of ether oxygens (including phenoxy) is 1. The van der Waals surface area contributed by atoms with E-state index in [0.717, 1.165) is 19.5 Å². The van der Waals surface area contributed by atoms with Crippen LogP contribution in [0.15, 0.2) is 29.2 Å². The molecular weight excluding hydrogens is 374 g/mol. The number of carbonyl (C=O) groups excluding carboxylic acids is 1. The second-order valence-corrected chi connectivity index (χ2v) is 7.84. The first-order valence-corrected chi connectivity index (χ1v) is 9.99. The average molecular weight is 396 g/mol. The fraction of sp³-hybridized carbons (Fsp3) is 0.500. The van der Waals surface area contributed by atoms with E-state index < -0.39 is 10.0 Å². The van der Waals surface area contributed by atoms with E-state index in [1.54, 1.807) is 12.1 Å². The number of benzene rings is 1. The van der Waals surface area contributed by atoms with Gasteiger partial charge in [-0.25, -0.2) is 13.6 Å². The van der Waals surface area contributed by atoms with Crippen LogP contribution >= 0.6 is 24.2 Å². The number of hydrogen-bond acceptors (Lipinski definition) is 6. The number of nitrogens with two attached hydrogens (primary N) is 1. The monoisotopic (exact) mass is 395 g/mol. The van der Waals surface area contributed by atoms with Gasteiger partial charge in [0.25, 0.3) is 0 Å². The van der Waals surface area contributed by atoms with Crippen molar-refractivity contribution in [2.75, 3.05) is 31.2 Å². The standard InChI is InChI=1S/C14H21N3O4S2.ClH/c15-23(19,20)13-3-1-12(2-4-13)21-7-8-22-10-14(18)17-11-5-6-16-9-11;/h1-4,11,16H,5-10H2,(H,17,18)(H2,15,19,20);1H. The van der Waals surface area contributed by atoms with Crippen LogP contribution in [0.25, 0.3) is 0 Å². The summed E-state index contributed by atoms with van der Waals surface area (Å²) in [6.07, 6.45) is 0.980. The lowest BCUT2D eigenvalue weighted by Crippen LogP contribution is -2.37. The van der Waals surface area contributed by atoms with E-state index in [-0.39, 0.29) is 29.3 Å². The zero-order valence-corrected chi connectivity index (χ0v) is 15.5. The SMILES string of the molecule is Cl.NS(=O)(=O)c1ccc(OCCSCC(=O)NC2CCNC2)cc1. The van der Waals surface area contributed by atoms with Gasteiger partial charge < -0.3 is 15.4 Å². The van der Waals surface area contributed by atoms with Crippen LogP contribution in [0.2, 0.25) is 0 Å². The number of amides is 1. The molecule has 1 unspecified atom stereocenters. The molecule has 1 saturated heterocycles. The Balaban J connectivity index is 0.00000288. The summed E-state index contributed by atoms with van der Waals surface area (Å²) in [7, 11) is -3.68. The molecule has 10 heteroatoms. The fourth-order valence-corrected chi connectivity index (χ4v) is 3.29. The molecule has 1 amide bonds. The van der Waals surface area contributed by atoms with E-state index >= 15 is 0 Å². The molecule has 1 heterocycles. The maximum atomic E-state index is 11.7. The van der Waals surface area contributed by atoms with E-state index in [4.69, 9.17) is 9.88 Å². The van der Waals surface area contributed by atoms with Gasteiger partial charge >= 0.3 is 0 Å². The van der Waals surface area contributed by atoms with Crippen LogP contribution in [-0.2, 0) is 14.8 Å². The minimum absolute atomic E-state index is 0. The molecule has 7 nitrogen and oxygen atoms in total. The van der Waals surface area contributed by atoms with Crippen LogP contribution in [0.3, 0.4) is 0 Å². The van der Waals surface area contributed by atoms with Crippen LogP contribution in [-0.4, -0.2) is 51.6 Å². The van der Waals surface area contributed by atoms with Gasteiger partial charge in [0.15, 0.2) is 0 Å². The first-order valence-electron chi connectivity index (χ1n) is 7.28. The summed E-state index contributed by atoms with van der Waals surface area (Å²) in [6, 6.07) is 6.17. The number of rotatable bonds is 8. The Morgan fingerprint density at radius 1 is 1.38 bits per heavy atom. The summed E-state index contributed by atoms with van der Waals surface area (Å²) in [4.78, 5) is 11.7. The molecule has 0 bridgehead atoms. The third-order valence-corrected chi connectivity index (χ3v) is 5.16. The maximum Gasteiger partial charge on any atom is 0.238 e.